The van der Waals surface area contributed by atoms with E-state index in [1.54, 1.807) is 17.2 Å². The summed E-state index contributed by atoms with van der Waals surface area (Å²) in [6.07, 6.45) is 0. The Kier molecular flexibility index (Phi) is 4.97. The summed E-state index contributed by atoms with van der Waals surface area (Å²) >= 11 is 0. The van der Waals surface area contributed by atoms with Crippen molar-refractivity contribution in [1.29, 1.82) is 0 Å². The number of carbonyl (C=O) groups is 1. The van der Waals surface area contributed by atoms with E-state index in [4.69, 9.17) is 4.84 Å². The van der Waals surface area contributed by atoms with Crippen LogP contribution in [0.5, 0.6) is 0 Å². The number of hydroxylamine groups is 2. The van der Waals surface area contributed by atoms with Gasteiger partial charge in [0.1, 0.15) is 0 Å². The van der Waals surface area contributed by atoms with Crippen LogP contribution >= 0.6 is 0 Å². The maximum atomic E-state index is 11.8. The molecule has 0 heterocycles. The predicted octanol–water partition coefficient (Wildman–Crippen LogP) is 2.17. The van der Waals surface area contributed by atoms with Gasteiger partial charge in [-0.15, -0.1) is 5.06 Å². The zero-order valence-electron chi connectivity index (χ0n) is 10.9. The zero-order valence-corrected chi connectivity index (χ0v) is 10.9. The highest BCUT2D eigenvalue weighted by Crippen LogP contribution is 2.13. The molecule has 0 aliphatic rings. The number of anilines is 1. The first-order valence-electron chi connectivity index (χ1n) is 5.83. The lowest BCUT2D eigenvalue weighted by molar-refractivity contribution is -0.103. The molecule has 0 spiro atoms. The Morgan fingerprint density at radius 1 is 1.12 bits per heavy atom. The molecule has 1 aromatic carbocycles. The van der Waals surface area contributed by atoms with Crippen LogP contribution < -0.4 is 4.90 Å². The highest BCUT2D eigenvalue weighted by atomic mass is 16.7. The molecule has 0 saturated heterocycles. The number of rotatable bonds is 5. The Balaban J connectivity index is 2.69. The topological polar surface area (TPSA) is 32.8 Å². The van der Waals surface area contributed by atoms with Gasteiger partial charge in [0.2, 0.25) is 0 Å². The Hall–Kier alpha value is -1.55. The minimum Gasteiger partial charge on any atom is -0.378 e. The minimum absolute atomic E-state index is 0.306. The van der Waals surface area contributed by atoms with Gasteiger partial charge in [-0.3, -0.25) is 0 Å². The van der Waals surface area contributed by atoms with E-state index in [1.165, 1.54) is 0 Å². The lowest BCUT2D eigenvalue weighted by atomic mass is 10.2. The van der Waals surface area contributed by atoms with Gasteiger partial charge in [0.25, 0.3) is 0 Å². The first-order chi connectivity index (χ1) is 8.08. The van der Waals surface area contributed by atoms with Crippen LogP contribution in [0.1, 0.15) is 24.2 Å². The van der Waals surface area contributed by atoms with E-state index in [0.29, 0.717) is 18.7 Å². The van der Waals surface area contributed by atoms with E-state index in [9.17, 15) is 4.79 Å². The smallest absolute Gasteiger partial charge is 0.357 e. The van der Waals surface area contributed by atoms with E-state index < -0.39 is 0 Å². The Labute approximate surface area is 103 Å². The van der Waals surface area contributed by atoms with Crippen molar-refractivity contribution in [2.24, 2.45) is 0 Å². The average molecular weight is 236 g/mol. The van der Waals surface area contributed by atoms with Crippen LogP contribution in [-0.4, -0.2) is 38.2 Å². The van der Waals surface area contributed by atoms with Crippen molar-refractivity contribution in [3.8, 4) is 0 Å². The lowest BCUT2D eigenvalue weighted by Crippen LogP contribution is -2.26. The van der Waals surface area contributed by atoms with Gasteiger partial charge in [-0.2, -0.15) is 0 Å². The third-order valence-electron chi connectivity index (χ3n) is 2.54. The molecule has 0 amide bonds. The molecule has 1 rings (SSSR count). The predicted molar refractivity (Wildman–Crippen MR) is 69.1 cm³/mol. The molecule has 0 fully saturated rings. The highest BCUT2D eigenvalue weighted by molar-refractivity contribution is 5.89. The molecule has 94 valence electrons. The van der Waals surface area contributed by atoms with Gasteiger partial charge in [0, 0.05) is 32.9 Å². The molecule has 0 N–H and O–H groups in total. The van der Waals surface area contributed by atoms with E-state index in [2.05, 4.69) is 0 Å². The summed E-state index contributed by atoms with van der Waals surface area (Å²) in [6.45, 7) is 5.29. The van der Waals surface area contributed by atoms with Gasteiger partial charge in [0.15, 0.2) is 0 Å². The number of hydrogen-bond donors (Lipinski definition) is 0. The second kappa shape index (κ2) is 6.25. The van der Waals surface area contributed by atoms with E-state index >= 15 is 0 Å². The molecular weight excluding hydrogens is 216 g/mol. The first-order valence-corrected chi connectivity index (χ1v) is 5.83. The van der Waals surface area contributed by atoms with Gasteiger partial charge in [-0.1, -0.05) is 0 Å². The highest BCUT2D eigenvalue weighted by Gasteiger charge is 2.11. The Morgan fingerprint density at radius 3 is 2.06 bits per heavy atom. The SMILES string of the molecule is CCN(CC)OC(=O)c1ccc(N(C)C)cc1. The summed E-state index contributed by atoms with van der Waals surface area (Å²) in [5.74, 6) is -0.306. The van der Waals surface area contributed by atoms with Crippen molar-refractivity contribution in [3.05, 3.63) is 29.8 Å². The summed E-state index contributed by atoms with van der Waals surface area (Å²) in [4.78, 5) is 19.0. The molecule has 0 aromatic heterocycles. The van der Waals surface area contributed by atoms with Crippen molar-refractivity contribution in [2.45, 2.75) is 13.8 Å². The number of hydrogen-bond acceptors (Lipinski definition) is 4. The zero-order chi connectivity index (χ0) is 12.8. The van der Waals surface area contributed by atoms with Crippen LogP contribution in [0, 0.1) is 0 Å². The van der Waals surface area contributed by atoms with E-state index in [0.717, 1.165) is 5.69 Å². The largest absolute Gasteiger partial charge is 0.378 e. The summed E-state index contributed by atoms with van der Waals surface area (Å²) in [6, 6.07) is 7.36. The van der Waals surface area contributed by atoms with E-state index in [1.807, 2.05) is 45.0 Å². The van der Waals surface area contributed by atoms with Crippen molar-refractivity contribution in [3.63, 3.8) is 0 Å². The molecule has 0 atom stereocenters. The quantitative estimate of drug-likeness (QED) is 0.733. The van der Waals surface area contributed by atoms with Crippen molar-refractivity contribution in [2.75, 3.05) is 32.1 Å². The number of benzene rings is 1. The monoisotopic (exact) mass is 236 g/mol. The normalized spacial score (nSPS) is 10.4. The van der Waals surface area contributed by atoms with Gasteiger partial charge < -0.3 is 9.74 Å². The second-order valence-corrected chi connectivity index (χ2v) is 3.93. The molecule has 0 radical (unpaired) electrons. The molecule has 0 aliphatic heterocycles. The maximum Gasteiger partial charge on any atom is 0.357 e. The molecule has 17 heavy (non-hydrogen) atoms. The molecule has 0 saturated carbocycles. The van der Waals surface area contributed by atoms with Crippen LogP contribution in [-0.2, 0) is 4.84 Å². The fraction of sp³-hybridized carbons (Fsp3) is 0.462. The summed E-state index contributed by atoms with van der Waals surface area (Å²) in [7, 11) is 3.92. The van der Waals surface area contributed by atoms with Gasteiger partial charge in [-0.05, 0) is 38.1 Å². The molecule has 0 unspecified atom stereocenters. The van der Waals surface area contributed by atoms with Crippen LogP contribution in [0.2, 0.25) is 0 Å². The van der Waals surface area contributed by atoms with Gasteiger partial charge in [-0.25, -0.2) is 4.79 Å². The van der Waals surface area contributed by atoms with Crippen LogP contribution in [0.3, 0.4) is 0 Å². The second-order valence-electron chi connectivity index (χ2n) is 3.93. The van der Waals surface area contributed by atoms with Crippen LogP contribution in [0.4, 0.5) is 5.69 Å². The number of carbonyl (C=O) groups excluding carboxylic acids is 1. The van der Waals surface area contributed by atoms with Crippen molar-refractivity contribution >= 4 is 11.7 Å². The third kappa shape index (κ3) is 3.75. The standard InChI is InChI=1S/C13H20N2O2/c1-5-15(6-2)17-13(16)11-7-9-12(10-8-11)14(3)4/h7-10H,5-6H2,1-4H3. The molecule has 4 nitrogen and oxygen atoms in total. The number of nitrogens with zero attached hydrogens (tertiary/aromatic N) is 2. The first kappa shape index (κ1) is 13.5. The van der Waals surface area contributed by atoms with Gasteiger partial charge >= 0.3 is 5.97 Å². The molecule has 4 heteroatoms. The lowest BCUT2D eigenvalue weighted by Gasteiger charge is -2.17. The summed E-state index contributed by atoms with van der Waals surface area (Å²) < 4.78 is 0. The van der Waals surface area contributed by atoms with Crippen LogP contribution in [0.25, 0.3) is 0 Å². The maximum absolute atomic E-state index is 11.8. The summed E-state index contributed by atoms with van der Waals surface area (Å²) in [5.41, 5.74) is 1.63. The van der Waals surface area contributed by atoms with Crippen molar-refractivity contribution < 1.29 is 9.63 Å². The molecule has 0 bridgehead atoms. The van der Waals surface area contributed by atoms with Crippen LogP contribution in [0.15, 0.2) is 24.3 Å². The Morgan fingerprint density at radius 2 is 1.65 bits per heavy atom. The average Bonchev–Trinajstić information content (AvgIpc) is 2.35. The molecule has 0 aliphatic carbocycles. The van der Waals surface area contributed by atoms with E-state index in [-0.39, 0.29) is 5.97 Å². The minimum atomic E-state index is -0.306. The molecule has 1 aromatic rings. The molecular formula is C13H20N2O2. The third-order valence-corrected chi connectivity index (χ3v) is 2.54. The van der Waals surface area contributed by atoms with Crippen molar-refractivity contribution in [1.82, 2.24) is 5.06 Å². The summed E-state index contributed by atoms with van der Waals surface area (Å²) in [5, 5.41) is 1.63. The Bertz CT molecular complexity index is 356. The van der Waals surface area contributed by atoms with Gasteiger partial charge in [0.05, 0.1) is 5.56 Å². The fourth-order valence-corrected chi connectivity index (χ4v) is 1.42. The fourth-order valence-electron chi connectivity index (χ4n) is 1.42.